The number of hydrogen-bond donors (Lipinski definition) is 10. The fraction of sp³-hybridized carbons (Fsp3) is 0.485. The van der Waals surface area contributed by atoms with Crippen LogP contribution >= 0.6 is 63.7 Å². The number of aromatic nitrogens is 4. The van der Waals surface area contributed by atoms with Crippen LogP contribution in [0.5, 0.6) is 0 Å². The van der Waals surface area contributed by atoms with Gasteiger partial charge in [-0.1, -0.05) is 83.0 Å². The van der Waals surface area contributed by atoms with Crippen LogP contribution in [0, 0.1) is 0 Å². The number of ketones is 1. The molecule has 8 aromatic rings. The third kappa shape index (κ3) is 16.8. The molecule has 0 saturated heterocycles. The molecule has 4 heterocycles. The van der Waals surface area contributed by atoms with Crippen molar-refractivity contribution in [1.82, 2.24) is 41.2 Å². The molecule has 3 atom stereocenters. The molecule has 4 aromatic carbocycles. The summed E-state index contributed by atoms with van der Waals surface area (Å²) < 4.78 is 9.77. The highest BCUT2D eigenvalue weighted by Crippen LogP contribution is 2.38. The highest BCUT2D eigenvalue weighted by atomic mass is 79.9. The molecule has 0 bridgehead atoms. The van der Waals surface area contributed by atoms with Crippen LogP contribution in [-0.2, 0) is 30.4 Å². The fourth-order valence-corrected chi connectivity index (χ4v) is 13.9. The smallest absolute Gasteiger partial charge is 0.407 e. The normalized spacial score (nSPS) is 17.9. The number of rotatable bonds is 13. The summed E-state index contributed by atoms with van der Waals surface area (Å²) in [5, 5.41) is 19.1. The summed E-state index contributed by atoms with van der Waals surface area (Å²) in [4.78, 5) is 37.8. The van der Waals surface area contributed by atoms with E-state index in [1.165, 1.54) is 142 Å². The van der Waals surface area contributed by atoms with Crippen LogP contribution in [0.4, 0.5) is 4.79 Å². The zero-order valence-corrected chi connectivity index (χ0v) is 55.1. The van der Waals surface area contributed by atoms with Crippen LogP contribution < -0.4 is 32.7 Å². The molecule has 4 aliphatic carbocycles. The quantitative estimate of drug-likeness (QED) is 0.0396. The standard InChI is InChI=1S/C21H30BrN3O2.2C16H22BrN3.C13H12BrNO/c1-21(2,3)27-20(26)24-12-6-11-23-18-8-5-4-7-15-16-13-14(22)9-10-17(16)25-19(15)18;2*17-11-6-7-14-13(10-11)12-4-1-2-5-15(16(12)20-14)19-9-3-8-18;14-8-5-6-11-10(7-8)9-3-1-2-4-12(16)13(9)15-11/h9-10,13,18,23,25H,4-8,11-12H2,1-3H3,(H,24,26);2*6-7,10,15,19-20H,1-5,8-9,18H2;5-7,15H,1-4H2. The predicted molar refractivity (Wildman–Crippen MR) is 357 cm³/mol. The molecular formula is C66H86Br4N10O3. The van der Waals surface area contributed by atoms with E-state index in [-0.39, 0.29) is 11.9 Å². The van der Waals surface area contributed by atoms with Crippen LogP contribution in [0.3, 0.4) is 0 Å². The molecule has 446 valence electrons. The minimum absolute atomic E-state index is 0.264. The number of halogens is 4. The van der Waals surface area contributed by atoms with Crippen molar-refractivity contribution in [1.29, 1.82) is 0 Å². The van der Waals surface area contributed by atoms with E-state index in [2.05, 4.69) is 166 Å². The topological polar surface area (TPSA) is 207 Å². The molecule has 0 fully saturated rings. The van der Waals surface area contributed by atoms with Crippen LogP contribution in [0.15, 0.2) is 90.7 Å². The van der Waals surface area contributed by atoms with Crippen molar-refractivity contribution in [3.63, 3.8) is 0 Å². The number of fused-ring (bicyclic) bond motifs is 12. The van der Waals surface area contributed by atoms with Gasteiger partial charge in [0.05, 0.1) is 5.69 Å². The Kier molecular flexibility index (Phi) is 23.1. The van der Waals surface area contributed by atoms with E-state index in [0.717, 1.165) is 113 Å². The Bertz CT molecular complexity index is 3340. The number of ether oxygens (including phenoxy) is 1. The maximum Gasteiger partial charge on any atom is 0.407 e. The van der Waals surface area contributed by atoms with E-state index in [0.29, 0.717) is 31.1 Å². The molecule has 4 aromatic heterocycles. The van der Waals surface area contributed by atoms with Gasteiger partial charge in [0.25, 0.3) is 0 Å². The second kappa shape index (κ2) is 30.4. The maximum absolute atomic E-state index is 11.9. The van der Waals surface area contributed by atoms with E-state index in [4.69, 9.17) is 16.2 Å². The number of nitrogens with one attached hydrogen (secondary N) is 8. The number of Topliss-reactive ketones (excluding diaryl/α,β-unsaturated/α-hetero) is 1. The molecule has 0 radical (unpaired) electrons. The first-order chi connectivity index (χ1) is 40.2. The first-order valence-electron chi connectivity index (χ1n) is 30.5. The zero-order valence-electron chi connectivity index (χ0n) is 48.7. The number of nitrogens with two attached hydrogens (primary N) is 2. The van der Waals surface area contributed by atoms with Crippen LogP contribution in [-0.4, -0.2) is 76.7 Å². The summed E-state index contributed by atoms with van der Waals surface area (Å²) in [6.45, 7) is 10.6. The summed E-state index contributed by atoms with van der Waals surface area (Å²) >= 11 is 14.3. The minimum atomic E-state index is -0.455. The number of hydrogen-bond acceptors (Lipinski definition) is 8. The SMILES string of the molecule is CC(C)(C)OC(=O)NCCCNC1CCCCc2c1[nH]c1ccc(Br)cc21.NCCCNC1CCCCc2c1[nH]c1ccc(Br)cc21.NCCCNC1CCCCc2c1[nH]c1ccc(Br)cc21.O=C1CCCCc2c1[nH]c1ccc(Br)cc21. The lowest BCUT2D eigenvalue weighted by molar-refractivity contribution is 0.0527. The third-order valence-electron chi connectivity index (χ3n) is 16.4. The first kappa shape index (κ1) is 63.2. The molecule has 0 spiro atoms. The van der Waals surface area contributed by atoms with Gasteiger partial charge in [-0.2, -0.15) is 0 Å². The lowest BCUT2D eigenvalue weighted by atomic mass is 10.0. The van der Waals surface area contributed by atoms with Gasteiger partial charge >= 0.3 is 6.09 Å². The van der Waals surface area contributed by atoms with Gasteiger partial charge in [0.2, 0.25) is 0 Å². The van der Waals surface area contributed by atoms with Crippen molar-refractivity contribution in [3.8, 4) is 0 Å². The molecule has 1 amide bonds. The summed E-state index contributed by atoms with van der Waals surface area (Å²) in [5.41, 5.74) is 26.2. The van der Waals surface area contributed by atoms with Crippen molar-refractivity contribution in [3.05, 3.63) is 136 Å². The van der Waals surface area contributed by atoms with Gasteiger partial charge in [-0.05, 0) is 245 Å². The van der Waals surface area contributed by atoms with Crippen LogP contribution in [0.25, 0.3) is 43.6 Å². The van der Waals surface area contributed by atoms with E-state index >= 15 is 0 Å². The Balaban J connectivity index is 0.000000135. The number of carbonyl (C=O) groups is 2. The number of aromatic amines is 4. The summed E-state index contributed by atoms with van der Waals surface area (Å²) in [5.74, 6) is 0.264. The second-order valence-corrected chi connectivity index (χ2v) is 27.4. The molecule has 4 aliphatic rings. The highest BCUT2D eigenvalue weighted by Gasteiger charge is 2.26. The number of benzene rings is 4. The lowest BCUT2D eigenvalue weighted by Gasteiger charge is -2.20. The molecule has 12 N–H and O–H groups in total. The molecule has 83 heavy (non-hydrogen) atoms. The lowest BCUT2D eigenvalue weighted by Crippen LogP contribution is -2.34. The van der Waals surface area contributed by atoms with E-state index in [1.807, 2.05) is 32.9 Å². The largest absolute Gasteiger partial charge is 0.444 e. The Morgan fingerprint density at radius 3 is 1.24 bits per heavy atom. The fourth-order valence-electron chi connectivity index (χ4n) is 12.5. The third-order valence-corrected chi connectivity index (χ3v) is 18.4. The number of carbonyl (C=O) groups excluding carboxylic acids is 2. The highest BCUT2D eigenvalue weighted by molar-refractivity contribution is 9.11. The van der Waals surface area contributed by atoms with E-state index in [1.54, 1.807) is 0 Å². The number of H-pyrrole nitrogens is 4. The van der Waals surface area contributed by atoms with Crippen molar-refractivity contribution in [2.75, 3.05) is 39.3 Å². The van der Waals surface area contributed by atoms with Gasteiger partial charge in [-0.3, -0.25) is 4.79 Å². The molecule has 0 saturated carbocycles. The van der Waals surface area contributed by atoms with E-state index in [9.17, 15) is 9.59 Å². The van der Waals surface area contributed by atoms with Gasteiger partial charge < -0.3 is 57.4 Å². The van der Waals surface area contributed by atoms with E-state index < -0.39 is 5.60 Å². The molecule has 12 rings (SSSR count). The van der Waals surface area contributed by atoms with Gasteiger partial charge in [0, 0.05) is 110 Å². The number of aryl methyl sites for hydroxylation is 4. The molecule has 13 nitrogen and oxygen atoms in total. The Hall–Kier alpha value is -4.30. The molecule has 17 heteroatoms. The minimum Gasteiger partial charge on any atom is -0.444 e. The van der Waals surface area contributed by atoms with Crippen LogP contribution in [0.1, 0.15) is 185 Å². The summed E-state index contributed by atoms with van der Waals surface area (Å²) in [7, 11) is 0. The summed E-state index contributed by atoms with van der Waals surface area (Å²) in [6.07, 6.45) is 21.1. The Morgan fingerprint density at radius 2 is 0.843 bits per heavy atom. The van der Waals surface area contributed by atoms with Crippen LogP contribution in [0.2, 0.25) is 0 Å². The Morgan fingerprint density at radius 1 is 0.494 bits per heavy atom. The molecular weight excluding hydrogens is 1300 g/mol. The first-order valence-corrected chi connectivity index (χ1v) is 33.7. The average molecular weight is 1390 g/mol. The van der Waals surface area contributed by atoms with Crippen molar-refractivity contribution < 1.29 is 14.3 Å². The number of amides is 1. The Labute approximate surface area is 523 Å². The van der Waals surface area contributed by atoms with Crippen molar-refractivity contribution >= 4 is 119 Å². The van der Waals surface area contributed by atoms with Gasteiger partial charge in [-0.25, -0.2) is 4.79 Å². The molecule has 0 aliphatic heterocycles. The van der Waals surface area contributed by atoms with Gasteiger partial charge in [-0.15, -0.1) is 0 Å². The molecule has 3 unspecified atom stereocenters. The average Bonchev–Trinajstić information content (AvgIpc) is 4.16. The predicted octanol–water partition coefficient (Wildman–Crippen LogP) is 16.3. The zero-order chi connectivity index (χ0) is 58.5. The van der Waals surface area contributed by atoms with Crippen molar-refractivity contribution in [2.45, 2.75) is 166 Å². The van der Waals surface area contributed by atoms with Crippen molar-refractivity contribution in [2.24, 2.45) is 11.5 Å². The number of alkyl carbamates (subject to hydrolysis) is 1. The van der Waals surface area contributed by atoms with Gasteiger partial charge in [0.15, 0.2) is 5.78 Å². The summed E-state index contributed by atoms with van der Waals surface area (Å²) in [6, 6.07) is 26.9. The maximum atomic E-state index is 11.9. The monoisotopic (exact) mass is 1380 g/mol. The van der Waals surface area contributed by atoms with Gasteiger partial charge in [0.1, 0.15) is 5.60 Å². The second-order valence-electron chi connectivity index (χ2n) is 23.7.